The van der Waals surface area contributed by atoms with Crippen molar-refractivity contribution in [3.05, 3.63) is 27.1 Å². The summed E-state index contributed by atoms with van der Waals surface area (Å²) in [6, 6.07) is 4.81. The molecule has 1 saturated heterocycles. The normalized spacial score (nSPS) is 19.9. The highest BCUT2D eigenvalue weighted by Gasteiger charge is 2.39. The zero-order chi connectivity index (χ0) is 15.1. The molecule has 1 fully saturated rings. The highest BCUT2D eigenvalue weighted by molar-refractivity contribution is 9.11. The van der Waals surface area contributed by atoms with Crippen molar-refractivity contribution >= 4 is 47.8 Å². The molecule has 1 unspecified atom stereocenters. The van der Waals surface area contributed by atoms with Crippen molar-refractivity contribution in [1.29, 1.82) is 0 Å². The summed E-state index contributed by atoms with van der Waals surface area (Å²) in [5, 5.41) is 0. The van der Waals surface area contributed by atoms with Crippen LogP contribution in [0.3, 0.4) is 0 Å². The number of sulfonamides is 1. The third-order valence-corrected chi connectivity index (χ3v) is 6.78. The second kappa shape index (κ2) is 5.77. The molecule has 0 aliphatic carbocycles. The van der Waals surface area contributed by atoms with Crippen LogP contribution in [0.5, 0.6) is 0 Å². The molecule has 0 N–H and O–H groups in total. The van der Waals surface area contributed by atoms with E-state index in [4.69, 9.17) is 0 Å². The molecule has 0 spiro atoms. The lowest BCUT2D eigenvalue weighted by molar-refractivity contribution is -0.123. The summed E-state index contributed by atoms with van der Waals surface area (Å²) < 4.78 is 27.4. The Morgan fingerprint density at radius 3 is 2.45 bits per heavy atom. The van der Waals surface area contributed by atoms with Gasteiger partial charge in [0, 0.05) is 21.9 Å². The van der Waals surface area contributed by atoms with Gasteiger partial charge in [-0.15, -0.1) is 0 Å². The molecule has 7 heteroatoms. The van der Waals surface area contributed by atoms with Crippen LogP contribution >= 0.6 is 31.9 Å². The van der Waals surface area contributed by atoms with Crippen molar-refractivity contribution in [2.24, 2.45) is 11.8 Å². The number of carbonyl (C=O) groups excluding carboxylic acids is 1. The predicted octanol–water partition coefficient (Wildman–Crippen LogP) is 3.40. The number of rotatable bonds is 3. The van der Waals surface area contributed by atoms with E-state index in [0.29, 0.717) is 10.9 Å². The Balaban J connectivity index is 2.38. The molecular formula is C13H15Br2NO3S. The average Bonchev–Trinajstić information content (AvgIpc) is 2.71. The molecule has 1 amide bonds. The van der Waals surface area contributed by atoms with Gasteiger partial charge in [-0.25, -0.2) is 12.7 Å². The minimum atomic E-state index is -3.79. The molecule has 20 heavy (non-hydrogen) atoms. The summed E-state index contributed by atoms with van der Waals surface area (Å²) >= 11 is 6.53. The van der Waals surface area contributed by atoms with Crippen LogP contribution in [-0.4, -0.2) is 25.2 Å². The van der Waals surface area contributed by atoms with E-state index < -0.39 is 10.0 Å². The largest absolute Gasteiger partial charge is 0.274 e. The van der Waals surface area contributed by atoms with Gasteiger partial charge >= 0.3 is 0 Å². The maximum absolute atomic E-state index is 12.6. The van der Waals surface area contributed by atoms with Crippen LogP contribution in [0.15, 0.2) is 32.0 Å². The van der Waals surface area contributed by atoms with Gasteiger partial charge in [0.2, 0.25) is 5.91 Å². The van der Waals surface area contributed by atoms with Crippen LogP contribution in [0.2, 0.25) is 0 Å². The number of nitrogens with zero attached hydrogens (tertiary/aromatic N) is 1. The van der Waals surface area contributed by atoms with Gasteiger partial charge in [-0.3, -0.25) is 4.79 Å². The van der Waals surface area contributed by atoms with E-state index >= 15 is 0 Å². The van der Waals surface area contributed by atoms with Gasteiger partial charge in [-0.05, 0) is 46.0 Å². The van der Waals surface area contributed by atoms with Gasteiger partial charge in [0.25, 0.3) is 10.0 Å². The Morgan fingerprint density at radius 1 is 1.30 bits per heavy atom. The maximum Gasteiger partial charge on any atom is 0.267 e. The van der Waals surface area contributed by atoms with Gasteiger partial charge in [0.1, 0.15) is 4.90 Å². The van der Waals surface area contributed by atoms with E-state index in [-0.39, 0.29) is 29.2 Å². The van der Waals surface area contributed by atoms with E-state index in [9.17, 15) is 13.2 Å². The zero-order valence-electron chi connectivity index (χ0n) is 11.1. The summed E-state index contributed by atoms with van der Waals surface area (Å²) in [4.78, 5) is 12.1. The fraction of sp³-hybridized carbons (Fsp3) is 0.462. The van der Waals surface area contributed by atoms with Crippen molar-refractivity contribution in [3.63, 3.8) is 0 Å². The molecule has 0 bridgehead atoms. The molecular weight excluding hydrogens is 410 g/mol. The second-order valence-corrected chi connectivity index (χ2v) is 8.81. The quantitative estimate of drug-likeness (QED) is 0.746. The first-order chi connectivity index (χ1) is 9.23. The number of hydrogen-bond acceptors (Lipinski definition) is 3. The van der Waals surface area contributed by atoms with Crippen LogP contribution in [0.25, 0.3) is 0 Å². The Kier molecular flexibility index (Phi) is 4.61. The van der Waals surface area contributed by atoms with Gasteiger partial charge in [0.05, 0.1) is 0 Å². The average molecular weight is 425 g/mol. The molecule has 0 radical (unpaired) electrons. The van der Waals surface area contributed by atoms with E-state index in [1.807, 2.05) is 13.8 Å². The molecule has 1 aromatic rings. The summed E-state index contributed by atoms with van der Waals surface area (Å²) in [5.41, 5.74) is 0. The molecule has 1 aliphatic rings. The molecule has 110 valence electrons. The summed E-state index contributed by atoms with van der Waals surface area (Å²) in [5.74, 6) is 0.0533. The highest BCUT2D eigenvalue weighted by atomic mass is 79.9. The van der Waals surface area contributed by atoms with Crippen molar-refractivity contribution < 1.29 is 13.2 Å². The lowest BCUT2D eigenvalue weighted by atomic mass is 9.95. The first kappa shape index (κ1) is 16.0. The summed E-state index contributed by atoms with van der Waals surface area (Å²) in [6.45, 7) is 4.27. The smallest absolute Gasteiger partial charge is 0.267 e. The predicted molar refractivity (Wildman–Crippen MR) is 83.7 cm³/mol. The number of carbonyl (C=O) groups is 1. The molecule has 1 aromatic carbocycles. The molecule has 2 rings (SSSR count). The van der Waals surface area contributed by atoms with E-state index in [1.54, 1.807) is 12.1 Å². The van der Waals surface area contributed by atoms with Crippen LogP contribution in [0.4, 0.5) is 0 Å². The fourth-order valence-corrected chi connectivity index (χ4v) is 5.36. The van der Waals surface area contributed by atoms with E-state index in [0.717, 1.165) is 8.78 Å². The van der Waals surface area contributed by atoms with Gasteiger partial charge < -0.3 is 0 Å². The van der Waals surface area contributed by atoms with Crippen LogP contribution in [0.1, 0.15) is 20.3 Å². The first-order valence-electron chi connectivity index (χ1n) is 6.24. The molecule has 1 aliphatic heterocycles. The molecule has 0 aromatic heterocycles. The van der Waals surface area contributed by atoms with Gasteiger partial charge in [-0.1, -0.05) is 29.8 Å². The van der Waals surface area contributed by atoms with E-state index in [2.05, 4.69) is 31.9 Å². The van der Waals surface area contributed by atoms with E-state index in [1.165, 1.54) is 6.07 Å². The SMILES string of the molecule is CC(C)C1CC(=O)N(S(=O)(=O)c2ccc(Br)cc2Br)C1. The third kappa shape index (κ3) is 2.94. The second-order valence-electron chi connectivity index (χ2n) is 5.21. The Morgan fingerprint density at radius 2 is 1.95 bits per heavy atom. The molecule has 1 atom stereocenters. The van der Waals surface area contributed by atoms with Crippen LogP contribution in [-0.2, 0) is 14.8 Å². The Bertz CT molecular complexity index is 643. The standard InChI is InChI=1S/C13H15Br2NO3S/c1-8(2)9-5-13(17)16(7-9)20(18,19)12-4-3-10(14)6-11(12)15/h3-4,6,8-9H,5,7H2,1-2H3. The molecule has 0 saturated carbocycles. The number of benzene rings is 1. The zero-order valence-corrected chi connectivity index (χ0v) is 15.1. The van der Waals surface area contributed by atoms with Crippen LogP contribution < -0.4 is 0 Å². The lowest BCUT2D eigenvalue weighted by Crippen LogP contribution is -2.33. The topological polar surface area (TPSA) is 54.5 Å². The van der Waals surface area contributed by atoms with Crippen molar-refractivity contribution in [1.82, 2.24) is 4.31 Å². The first-order valence-corrected chi connectivity index (χ1v) is 9.26. The number of hydrogen-bond donors (Lipinski definition) is 0. The summed E-state index contributed by atoms with van der Waals surface area (Å²) in [6.07, 6.45) is 0.297. The van der Waals surface area contributed by atoms with Gasteiger partial charge in [-0.2, -0.15) is 0 Å². The number of halogens is 2. The monoisotopic (exact) mass is 423 g/mol. The maximum atomic E-state index is 12.6. The Labute approximate surface area is 135 Å². The minimum absolute atomic E-state index is 0.0894. The molecule has 1 heterocycles. The van der Waals surface area contributed by atoms with Gasteiger partial charge in [0.15, 0.2) is 0 Å². The molecule has 4 nitrogen and oxygen atoms in total. The third-order valence-electron chi connectivity index (χ3n) is 3.52. The summed E-state index contributed by atoms with van der Waals surface area (Å²) in [7, 11) is -3.79. The van der Waals surface area contributed by atoms with Crippen molar-refractivity contribution in [2.75, 3.05) is 6.54 Å². The fourth-order valence-electron chi connectivity index (χ4n) is 2.19. The van der Waals surface area contributed by atoms with Crippen molar-refractivity contribution in [3.8, 4) is 0 Å². The highest BCUT2D eigenvalue weighted by Crippen LogP contribution is 2.33. The minimum Gasteiger partial charge on any atom is -0.274 e. The van der Waals surface area contributed by atoms with Crippen molar-refractivity contribution in [2.45, 2.75) is 25.2 Å². The number of amides is 1. The Hall–Kier alpha value is -0.400. The lowest BCUT2D eigenvalue weighted by Gasteiger charge is -2.19. The van der Waals surface area contributed by atoms with Crippen LogP contribution in [0, 0.1) is 11.8 Å².